The number of methoxy groups -OCH3 is 1. The van der Waals surface area contributed by atoms with Crippen molar-refractivity contribution in [3.8, 4) is 0 Å². The van der Waals surface area contributed by atoms with E-state index in [4.69, 9.17) is 0 Å². The van der Waals surface area contributed by atoms with Gasteiger partial charge in [-0.15, -0.1) is 0 Å². The van der Waals surface area contributed by atoms with E-state index < -0.39 is 11.8 Å². The normalized spacial score (nSPS) is 9.91. The summed E-state index contributed by atoms with van der Waals surface area (Å²) in [5, 5.41) is 5.35. The first-order chi connectivity index (χ1) is 10.6. The molecule has 2 rings (SSSR count). The molecule has 2 N–H and O–H groups in total. The fraction of sp³-hybridized carbons (Fsp3) is 0.125. The summed E-state index contributed by atoms with van der Waals surface area (Å²) < 4.78 is 18.0. The van der Waals surface area contributed by atoms with E-state index in [9.17, 15) is 14.0 Å². The minimum Gasteiger partial charge on any atom is -0.465 e. The molecule has 0 aliphatic carbocycles. The first kappa shape index (κ1) is 15.5. The SMILES string of the molecule is COC(=O)c1ccc(NCC(=O)Nc2ccccc2F)cc1. The number of nitrogens with one attached hydrogen (secondary N) is 2. The van der Waals surface area contributed by atoms with Gasteiger partial charge >= 0.3 is 5.97 Å². The van der Waals surface area contributed by atoms with Crippen LogP contribution in [0, 0.1) is 5.82 Å². The van der Waals surface area contributed by atoms with Crippen LogP contribution < -0.4 is 10.6 Å². The average molecular weight is 302 g/mol. The summed E-state index contributed by atoms with van der Waals surface area (Å²) in [6, 6.07) is 12.4. The zero-order valence-electron chi connectivity index (χ0n) is 11.9. The van der Waals surface area contributed by atoms with E-state index in [1.807, 2.05) is 0 Å². The van der Waals surface area contributed by atoms with Gasteiger partial charge in [0.1, 0.15) is 5.82 Å². The van der Waals surface area contributed by atoms with E-state index in [1.54, 1.807) is 36.4 Å². The molecule has 0 radical (unpaired) electrons. The summed E-state index contributed by atoms with van der Waals surface area (Å²) in [7, 11) is 1.31. The van der Waals surface area contributed by atoms with Gasteiger partial charge in [-0.3, -0.25) is 4.79 Å². The van der Waals surface area contributed by atoms with Crippen molar-refractivity contribution in [1.29, 1.82) is 0 Å². The van der Waals surface area contributed by atoms with Gasteiger partial charge in [-0.2, -0.15) is 0 Å². The van der Waals surface area contributed by atoms with Gasteiger partial charge in [0.05, 0.1) is 24.9 Å². The summed E-state index contributed by atoms with van der Waals surface area (Å²) in [5.74, 6) is -1.29. The van der Waals surface area contributed by atoms with E-state index in [1.165, 1.54) is 19.2 Å². The van der Waals surface area contributed by atoms with Gasteiger partial charge < -0.3 is 15.4 Å². The Balaban J connectivity index is 1.89. The van der Waals surface area contributed by atoms with E-state index in [0.717, 1.165) is 0 Å². The third-order valence-corrected chi connectivity index (χ3v) is 2.91. The maximum absolute atomic E-state index is 13.4. The van der Waals surface area contributed by atoms with E-state index >= 15 is 0 Å². The Bertz CT molecular complexity index is 671. The number of amides is 1. The lowest BCUT2D eigenvalue weighted by atomic mass is 10.2. The number of para-hydroxylation sites is 1. The Morgan fingerprint density at radius 1 is 1.09 bits per heavy atom. The molecule has 22 heavy (non-hydrogen) atoms. The highest BCUT2D eigenvalue weighted by Gasteiger charge is 2.07. The Hall–Kier alpha value is -2.89. The Morgan fingerprint density at radius 3 is 2.41 bits per heavy atom. The molecule has 0 bridgehead atoms. The standard InChI is InChI=1S/C16H15FN2O3/c1-22-16(21)11-6-8-12(9-7-11)18-10-15(20)19-14-5-3-2-4-13(14)17/h2-9,18H,10H2,1H3,(H,19,20). The highest BCUT2D eigenvalue weighted by atomic mass is 19.1. The van der Waals surface area contributed by atoms with Crippen LogP contribution in [0.25, 0.3) is 0 Å². The lowest BCUT2D eigenvalue weighted by Crippen LogP contribution is -2.22. The topological polar surface area (TPSA) is 67.4 Å². The number of carbonyl (C=O) groups excluding carboxylic acids is 2. The predicted molar refractivity (Wildman–Crippen MR) is 81.3 cm³/mol. The molecule has 0 atom stereocenters. The van der Waals surface area contributed by atoms with Crippen LogP contribution in [0.5, 0.6) is 0 Å². The number of hydrogen-bond donors (Lipinski definition) is 2. The summed E-state index contributed by atoms with van der Waals surface area (Å²) in [4.78, 5) is 23.0. The zero-order valence-corrected chi connectivity index (χ0v) is 11.9. The van der Waals surface area contributed by atoms with Gasteiger partial charge in [-0.25, -0.2) is 9.18 Å². The molecular formula is C16H15FN2O3. The first-order valence-electron chi connectivity index (χ1n) is 6.57. The molecular weight excluding hydrogens is 287 g/mol. The number of hydrogen-bond acceptors (Lipinski definition) is 4. The number of rotatable bonds is 5. The second kappa shape index (κ2) is 7.21. The molecule has 114 valence electrons. The van der Waals surface area contributed by atoms with Gasteiger partial charge in [-0.1, -0.05) is 12.1 Å². The smallest absolute Gasteiger partial charge is 0.337 e. The van der Waals surface area contributed by atoms with Crippen molar-refractivity contribution in [2.45, 2.75) is 0 Å². The molecule has 0 aliphatic rings. The molecule has 6 heteroatoms. The van der Waals surface area contributed by atoms with Crippen molar-refractivity contribution in [2.75, 3.05) is 24.3 Å². The average Bonchev–Trinajstić information content (AvgIpc) is 2.55. The van der Waals surface area contributed by atoms with Crippen LogP contribution in [0.1, 0.15) is 10.4 Å². The van der Waals surface area contributed by atoms with E-state index in [-0.39, 0.29) is 18.1 Å². The molecule has 1 amide bonds. The van der Waals surface area contributed by atoms with Crippen molar-refractivity contribution in [3.63, 3.8) is 0 Å². The Kier molecular flexibility index (Phi) is 5.08. The maximum Gasteiger partial charge on any atom is 0.337 e. The second-order valence-electron chi connectivity index (χ2n) is 4.45. The largest absolute Gasteiger partial charge is 0.465 e. The van der Waals surface area contributed by atoms with Gasteiger partial charge in [-0.05, 0) is 36.4 Å². The molecule has 5 nitrogen and oxygen atoms in total. The molecule has 0 fully saturated rings. The fourth-order valence-corrected chi connectivity index (χ4v) is 1.78. The third kappa shape index (κ3) is 4.05. The van der Waals surface area contributed by atoms with Crippen molar-refractivity contribution >= 4 is 23.3 Å². The molecule has 2 aromatic rings. The number of benzene rings is 2. The van der Waals surface area contributed by atoms with Crippen LogP contribution >= 0.6 is 0 Å². The zero-order chi connectivity index (χ0) is 15.9. The lowest BCUT2D eigenvalue weighted by molar-refractivity contribution is -0.114. The highest BCUT2D eigenvalue weighted by molar-refractivity contribution is 5.94. The maximum atomic E-state index is 13.4. The van der Waals surface area contributed by atoms with Crippen LogP contribution in [0.2, 0.25) is 0 Å². The molecule has 2 aromatic carbocycles. The summed E-state index contributed by atoms with van der Waals surface area (Å²) >= 11 is 0. The van der Waals surface area contributed by atoms with Crippen molar-refractivity contribution < 1.29 is 18.7 Å². The Morgan fingerprint density at radius 2 is 1.77 bits per heavy atom. The molecule has 0 spiro atoms. The van der Waals surface area contributed by atoms with Crippen LogP contribution in [-0.4, -0.2) is 25.5 Å². The molecule has 0 saturated carbocycles. The predicted octanol–water partition coefficient (Wildman–Crippen LogP) is 2.66. The number of carbonyl (C=O) groups is 2. The van der Waals surface area contributed by atoms with Gasteiger partial charge in [0.25, 0.3) is 0 Å². The van der Waals surface area contributed by atoms with E-state index in [2.05, 4.69) is 15.4 Å². The molecule has 0 unspecified atom stereocenters. The van der Waals surface area contributed by atoms with Gasteiger partial charge in [0.15, 0.2) is 0 Å². The molecule has 0 saturated heterocycles. The number of ether oxygens (including phenoxy) is 1. The number of halogens is 1. The minimum atomic E-state index is -0.488. The quantitative estimate of drug-likeness (QED) is 0.833. The summed E-state index contributed by atoms with van der Waals surface area (Å²) in [6.07, 6.45) is 0. The van der Waals surface area contributed by atoms with Crippen molar-refractivity contribution in [2.24, 2.45) is 0 Å². The van der Waals surface area contributed by atoms with Crippen LogP contribution in [0.3, 0.4) is 0 Å². The van der Waals surface area contributed by atoms with Crippen molar-refractivity contribution in [1.82, 2.24) is 0 Å². The van der Waals surface area contributed by atoms with Gasteiger partial charge in [0.2, 0.25) is 5.91 Å². The second-order valence-corrected chi connectivity index (χ2v) is 4.45. The lowest BCUT2D eigenvalue weighted by Gasteiger charge is -2.09. The number of anilines is 2. The van der Waals surface area contributed by atoms with E-state index in [0.29, 0.717) is 11.3 Å². The van der Waals surface area contributed by atoms with Crippen LogP contribution in [-0.2, 0) is 9.53 Å². The monoisotopic (exact) mass is 302 g/mol. The fourth-order valence-electron chi connectivity index (χ4n) is 1.78. The van der Waals surface area contributed by atoms with Gasteiger partial charge in [0, 0.05) is 5.69 Å². The van der Waals surface area contributed by atoms with Crippen molar-refractivity contribution in [3.05, 3.63) is 59.9 Å². The highest BCUT2D eigenvalue weighted by Crippen LogP contribution is 2.13. The molecule has 0 aromatic heterocycles. The first-order valence-corrected chi connectivity index (χ1v) is 6.57. The number of esters is 1. The Labute approximate surface area is 127 Å². The summed E-state index contributed by atoms with van der Waals surface area (Å²) in [5.41, 5.74) is 1.22. The van der Waals surface area contributed by atoms with Crippen LogP contribution in [0.15, 0.2) is 48.5 Å². The third-order valence-electron chi connectivity index (χ3n) is 2.91. The molecule has 0 aliphatic heterocycles. The van der Waals surface area contributed by atoms with Crippen LogP contribution in [0.4, 0.5) is 15.8 Å². The summed E-state index contributed by atoms with van der Waals surface area (Å²) in [6.45, 7) is -0.0219. The molecule has 0 heterocycles. The minimum absolute atomic E-state index is 0.0219.